The molecule has 0 aromatic rings. The second kappa shape index (κ2) is 3.02. The lowest BCUT2D eigenvalue weighted by Gasteiger charge is -2.39. The van der Waals surface area contributed by atoms with Gasteiger partial charge in [0.2, 0.25) is 9.05 Å². The summed E-state index contributed by atoms with van der Waals surface area (Å²) < 4.78 is 22.6. The molecule has 0 radical (unpaired) electrons. The molecule has 2 fully saturated rings. The molecule has 2 saturated carbocycles. The van der Waals surface area contributed by atoms with Gasteiger partial charge in [0.25, 0.3) is 0 Å². The Morgan fingerprint density at radius 3 is 2.12 bits per heavy atom. The fourth-order valence-electron chi connectivity index (χ4n) is 3.63. The maximum absolute atomic E-state index is 12.0. The van der Waals surface area contributed by atoms with Crippen LogP contribution in [-0.4, -0.2) is 20.0 Å². The molecule has 0 aromatic heterocycles. The molecular formula is C11H17ClO3S. The van der Waals surface area contributed by atoms with Crippen molar-refractivity contribution >= 4 is 25.5 Å². The summed E-state index contributed by atoms with van der Waals surface area (Å²) in [6.45, 7) is 5.98. The highest BCUT2D eigenvalue weighted by molar-refractivity contribution is 8.13. The molecule has 0 unspecified atom stereocenters. The van der Waals surface area contributed by atoms with Crippen LogP contribution in [0, 0.1) is 16.2 Å². The van der Waals surface area contributed by atoms with Crippen LogP contribution in [0.3, 0.4) is 0 Å². The molecule has 2 aliphatic carbocycles. The van der Waals surface area contributed by atoms with Crippen molar-refractivity contribution < 1.29 is 13.2 Å². The van der Waals surface area contributed by atoms with Crippen LogP contribution < -0.4 is 0 Å². The minimum absolute atomic E-state index is 0.0735. The fourth-order valence-corrected chi connectivity index (χ4v) is 5.53. The van der Waals surface area contributed by atoms with E-state index < -0.39 is 14.5 Å². The number of carbonyl (C=O) groups is 1. The highest BCUT2D eigenvalue weighted by atomic mass is 35.7. The van der Waals surface area contributed by atoms with Gasteiger partial charge in [-0.1, -0.05) is 20.8 Å². The first-order valence-corrected chi connectivity index (χ1v) is 7.98. The third-order valence-electron chi connectivity index (χ3n) is 5.37. The van der Waals surface area contributed by atoms with Crippen molar-refractivity contribution in [3.8, 4) is 0 Å². The summed E-state index contributed by atoms with van der Waals surface area (Å²) >= 11 is 0. The second-order valence-corrected chi connectivity index (χ2v) is 8.80. The Morgan fingerprint density at radius 2 is 1.81 bits per heavy atom. The van der Waals surface area contributed by atoms with Crippen molar-refractivity contribution in [3.63, 3.8) is 0 Å². The van der Waals surface area contributed by atoms with Gasteiger partial charge in [0, 0.05) is 22.5 Å². The van der Waals surface area contributed by atoms with Crippen LogP contribution in [0.5, 0.6) is 0 Å². The summed E-state index contributed by atoms with van der Waals surface area (Å²) in [6.07, 6.45) is 1.93. The molecule has 0 aliphatic heterocycles. The van der Waals surface area contributed by atoms with Crippen LogP contribution >= 0.6 is 10.7 Å². The van der Waals surface area contributed by atoms with E-state index in [-0.39, 0.29) is 22.4 Å². The Balaban J connectivity index is 2.49. The van der Waals surface area contributed by atoms with Crippen LogP contribution in [0.15, 0.2) is 0 Å². The van der Waals surface area contributed by atoms with Crippen molar-refractivity contribution in [3.05, 3.63) is 0 Å². The number of fused-ring (bicyclic) bond motifs is 2. The van der Waals surface area contributed by atoms with Crippen molar-refractivity contribution in [1.29, 1.82) is 0 Å². The number of hydrogen-bond donors (Lipinski definition) is 0. The van der Waals surface area contributed by atoms with Crippen molar-refractivity contribution in [1.82, 2.24) is 0 Å². The summed E-state index contributed by atoms with van der Waals surface area (Å²) in [4.78, 5) is 12.0. The summed E-state index contributed by atoms with van der Waals surface area (Å²) in [6, 6.07) is 0. The van der Waals surface area contributed by atoms with E-state index in [0.29, 0.717) is 6.42 Å². The molecule has 0 amide bonds. The quantitative estimate of drug-likeness (QED) is 0.720. The number of carbonyl (C=O) groups excluding carboxylic acids is 1. The minimum atomic E-state index is -3.55. The number of rotatable bonds is 2. The smallest absolute Gasteiger partial charge is 0.233 e. The van der Waals surface area contributed by atoms with Gasteiger partial charge >= 0.3 is 0 Å². The molecule has 92 valence electrons. The lowest BCUT2D eigenvalue weighted by atomic mass is 9.66. The van der Waals surface area contributed by atoms with E-state index in [9.17, 15) is 13.2 Å². The maximum Gasteiger partial charge on any atom is 0.233 e. The van der Waals surface area contributed by atoms with Gasteiger partial charge in [-0.05, 0) is 23.7 Å². The van der Waals surface area contributed by atoms with Gasteiger partial charge in [0.1, 0.15) is 5.78 Å². The lowest BCUT2D eigenvalue weighted by Crippen LogP contribution is -2.38. The predicted molar refractivity (Wildman–Crippen MR) is 62.8 cm³/mol. The first kappa shape index (κ1) is 12.4. The van der Waals surface area contributed by atoms with Gasteiger partial charge in [-0.25, -0.2) is 8.42 Å². The molecule has 5 heteroatoms. The van der Waals surface area contributed by atoms with Crippen LogP contribution in [0.4, 0.5) is 0 Å². The normalized spacial score (nSPS) is 41.6. The molecule has 2 aliphatic rings. The van der Waals surface area contributed by atoms with E-state index in [1.807, 2.05) is 20.8 Å². The summed E-state index contributed by atoms with van der Waals surface area (Å²) in [7, 11) is 1.83. The first-order valence-electron chi connectivity index (χ1n) is 5.50. The summed E-state index contributed by atoms with van der Waals surface area (Å²) in [5, 5.41) is 0. The van der Waals surface area contributed by atoms with Crippen LogP contribution in [0.2, 0.25) is 0 Å². The van der Waals surface area contributed by atoms with Crippen molar-refractivity contribution in [2.24, 2.45) is 16.2 Å². The molecule has 2 bridgehead atoms. The third kappa shape index (κ3) is 1.32. The summed E-state index contributed by atoms with van der Waals surface area (Å²) in [5.74, 6) is 0.125. The van der Waals surface area contributed by atoms with Gasteiger partial charge in [0.05, 0.1) is 5.75 Å². The van der Waals surface area contributed by atoms with E-state index in [0.717, 1.165) is 12.8 Å². The predicted octanol–water partition coefficient (Wildman–Crippen LogP) is 2.34. The van der Waals surface area contributed by atoms with Crippen LogP contribution in [0.25, 0.3) is 0 Å². The van der Waals surface area contributed by atoms with Gasteiger partial charge < -0.3 is 0 Å². The number of halogens is 1. The molecule has 0 spiro atoms. The van der Waals surface area contributed by atoms with Crippen molar-refractivity contribution in [2.45, 2.75) is 40.0 Å². The zero-order valence-electron chi connectivity index (χ0n) is 9.84. The van der Waals surface area contributed by atoms with Gasteiger partial charge in [0.15, 0.2) is 0 Å². The van der Waals surface area contributed by atoms with E-state index >= 15 is 0 Å². The Kier molecular flexibility index (Phi) is 2.33. The Hall–Kier alpha value is -0.0900. The SMILES string of the molecule is CC1(C)[C@@]2(CS(=O)(=O)Cl)CC[C@]1(C)C(=O)C2. The lowest BCUT2D eigenvalue weighted by molar-refractivity contribution is -0.128. The van der Waals surface area contributed by atoms with Gasteiger partial charge in [-0.2, -0.15) is 0 Å². The third-order valence-corrected chi connectivity index (χ3v) is 6.60. The largest absolute Gasteiger partial charge is 0.299 e. The number of Topliss-reactive ketones (excluding diaryl/α,β-unsaturated/α-hetero) is 1. The van der Waals surface area contributed by atoms with Crippen LogP contribution in [0.1, 0.15) is 40.0 Å². The zero-order chi connectivity index (χ0) is 12.4. The molecule has 0 saturated heterocycles. The Bertz CT molecular complexity index is 454. The highest BCUT2D eigenvalue weighted by Gasteiger charge is 2.70. The van der Waals surface area contributed by atoms with Crippen LogP contribution in [-0.2, 0) is 13.8 Å². The number of hydrogen-bond acceptors (Lipinski definition) is 3. The topological polar surface area (TPSA) is 51.2 Å². The molecule has 0 aromatic carbocycles. The molecule has 0 heterocycles. The summed E-state index contributed by atoms with van der Waals surface area (Å²) in [5.41, 5.74) is -1.09. The minimum Gasteiger partial charge on any atom is -0.299 e. The molecule has 16 heavy (non-hydrogen) atoms. The van der Waals surface area contributed by atoms with E-state index in [4.69, 9.17) is 10.7 Å². The maximum atomic E-state index is 12.0. The molecule has 0 N–H and O–H groups in total. The molecule has 3 nitrogen and oxygen atoms in total. The Labute approximate surface area is 101 Å². The molecule has 2 rings (SSSR count). The van der Waals surface area contributed by atoms with E-state index in [1.54, 1.807) is 0 Å². The zero-order valence-corrected chi connectivity index (χ0v) is 11.4. The monoisotopic (exact) mass is 264 g/mol. The van der Waals surface area contributed by atoms with Crippen molar-refractivity contribution in [2.75, 3.05) is 5.75 Å². The number of ketones is 1. The van der Waals surface area contributed by atoms with E-state index in [1.165, 1.54) is 0 Å². The Morgan fingerprint density at radius 1 is 1.25 bits per heavy atom. The molecular weight excluding hydrogens is 248 g/mol. The fraction of sp³-hybridized carbons (Fsp3) is 0.909. The van der Waals surface area contributed by atoms with Gasteiger partial charge in [-0.15, -0.1) is 0 Å². The van der Waals surface area contributed by atoms with Gasteiger partial charge in [-0.3, -0.25) is 4.79 Å². The second-order valence-electron chi connectivity index (χ2n) is 6.02. The standard InChI is InChI=1S/C11H17ClO3S/c1-9(2)10(3)4-5-11(9,6-8(10)13)7-16(12,14)15/h4-7H2,1-3H3/t10-,11+/m1/s1. The average molecular weight is 265 g/mol. The average Bonchev–Trinajstić information content (AvgIpc) is 2.31. The van der Waals surface area contributed by atoms with E-state index in [2.05, 4.69) is 0 Å². The molecule has 2 atom stereocenters. The highest BCUT2D eigenvalue weighted by Crippen LogP contribution is 2.70. The first-order chi connectivity index (χ1) is 7.04.